The summed E-state index contributed by atoms with van der Waals surface area (Å²) in [6, 6.07) is 6.37. The summed E-state index contributed by atoms with van der Waals surface area (Å²) in [7, 11) is 5.33. The number of aromatic amines is 3. The fourth-order valence-electron chi connectivity index (χ4n) is 16.7. The Bertz CT molecular complexity index is 5020. The summed E-state index contributed by atoms with van der Waals surface area (Å²) >= 11 is 0. The van der Waals surface area contributed by atoms with Gasteiger partial charge in [0.05, 0.1) is 49.9 Å². The minimum absolute atomic E-state index is 0.00539. The minimum atomic E-state index is -1.84. The van der Waals surface area contributed by atoms with Gasteiger partial charge in [-0.15, -0.1) is 0 Å². The lowest BCUT2D eigenvalue weighted by molar-refractivity contribution is -0.149. The second-order valence-corrected chi connectivity index (χ2v) is 34.5. The third-order valence-corrected chi connectivity index (χ3v) is 24.1. The molecule has 131 heavy (non-hydrogen) atoms. The van der Waals surface area contributed by atoms with E-state index in [0.29, 0.717) is 69.9 Å². The highest BCUT2D eigenvalue weighted by atomic mass is 16.3. The zero-order valence-corrected chi connectivity index (χ0v) is 76.1. The van der Waals surface area contributed by atoms with Gasteiger partial charge in [0, 0.05) is 151 Å². The van der Waals surface area contributed by atoms with Crippen LogP contribution in [0.1, 0.15) is 173 Å². The molecule has 0 unspecified atom stereocenters. The van der Waals surface area contributed by atoms with Crippen molar-refractivity contribution in [1.29, 1.82) is 5.41 Å². The van der Waals surface area contributed by atoms with Crippen LogP contribution in [0.25, 0.3) is 21.8 Å². The Morgan fingerprint density at radius 3 is 1.70 bits per heavy atom. The van der Waals surface area contributed by atoms with Crippen molar-refractivity contribution in [1.82, 2.24) is 87.0 Å². The second-order valence-electron chi connectivity index (χ2n) is 34.5. The number of fused-ring (bicyclic) bond motifs is 3. The Balaban J connectivity index is 1.19. The number of ketones is 3. The first-order valence-corrected chi connectivity index (χ1v) is 44.8. The van der Waals surface area contributed by atoms with E-state index in [-0.39, 0.29) is 89.6 Å². The fraction of sp³-hybridized carbons (Fsp3) is 0.533. The van der Waals surface area contributed by atoms with Gasteiger partial charge in [0.25, 0.3) is 0 Å². The summed E-state index contributed by atoms with van der Waals surface area (Å²) < 4.78 is 0. The van der Waals surface area contributed by atoms with Gasteiger partial charge in [0.15, 0.2) is 23.3 Å². The molecule has 39 heteroatoms. The fourth-order valence-corrected chi connectivity index (χ4v) is 16.7. The number of Topliss-reactive ketones (excluding diaryl/α,β-unsaturated/α-hetero) is 3. The number of aliphatic hydroxyl groups is 1. The van der Waals surface area contributed by atoms with Crippen LogP contribution in [0, 0.1) is 23.2 Å². The van der Waals surface area contributed by atoms with Gasteiger partial charge in [0.1, 0.15) is 48.3 Å². The number of aliphatic hydroxyl groups excluding tert-OH is 1. The lowest BCUT2D eigenvalue weighted by atomic mass is 9.90. The summed E-state index contributed by atoms with van der Waals surface area (Å²) in [6.07, 6.45) is 3.60. The van der Waals surface area contributed by atoms with Crippen LogP contribution >= 0.6 is 0 Å². The summed E-state index contributed by atoms with van der Waals surface area (Å²) in [5, 5.41) is 41.9. The Morgan fingerprint density at radius 1 is 0.542 bits per heavy atom. The van der Waals surface area contributed by atoms with Gasteiger partial charge in [-0.1, -0.05) is 120 Å². The molecule has 6 aromatic rings. The Kier molecular flexibility index (Phi) is 39.4. The molecule has 710 valence electrons. The van der Waals surface area contributed by atoms with Crippen molar-refractivity contribution in [3.63, 3.8) is 0 Å². The molecule has 13 atom stereocenters. The van der Waals surface area contributed by atoms with E-state index in [4.69, 9.17) is 22.6 Å². The molecule has 0 radical (unpaired) electrons. The van der Waals surface area contributed by atoms with Crippen LogP contribution < -0.4 is 59.7 Å². The number of carbonyl (C=O) groups excluding carboxylic acids is 17. The van der Waals surface area contributed by atoms with E-state index in [9.17, 15) is 57.8 Å². The third kappa shape index (κ3) is 29.9. The van der Waals surface area contributed by atoms with Crippen LogP contribution in [0.5, 0.6) is 0 Å². The van der Waals surface area contributed by atoms with Crippen molar-refractivity contribution in [3.8, 4) is 0 Å². The highest BCUT2D eigenvalue weighted by Crippen LogP contribution is 2.29. The number of aromatic nitrogens is 4. The number of carbonyl (C=O) groups is 17. The predicted molar refractivity (Wildman–Crippen MR) is 485 cm³/mol. The van der Waals surface area contributed by atoms with Crippen LogP contribution in [-0.4, -0.2) is 276 Å². The Morgan fingerprint density at radius 2 is 1.10 bits per heavy atom. The minimum Gasteiger partial charge on any atom is -0.394 e. The number of nitrogens with two attached hydrogens (primary N) is 3. The van der Waals surface area contributed by atoms with E-state index in [1.165, 1.54) is 62.3 Å². The molecule has 19 N–H and O–H groups in total. The quantitative estimate of drug-likeness (QED) is 0.0196. The maximum absolute atomic E-state index is 15.7. The molecule has 2 fully saturated rings. The number of primary amides is 2. The molecule has 2 aliphatic rings. The van der Waals surface area contributed by atoms with Crippen molar-refractivity contribution in [3.05, 3.63) is 126 Å². The average molecular weight is 1820 g/mol. The SMILES string of the molecule is CCCC[C@H]1C(=O)N(C)[C@@H](CCCC)C(=O)C[C@@H](CCCNC(=N)N)C(=O)N[C@H](C(=O)CCC(N)=O)CCC(=O)N[C@@H](Cc2ccccc2)C(=O)N(C)[C@@H](C)C(=O)N[C@@H](CC(N)=O)C(=O)N2CCC[C@H]2C(=O)C[C@@H](Cc2cnc[nH]2)C(=O)N[C@@H](CC(C)C)C(=O)N(C)CC(=O)N[C@@H](Cc2c[nH]c3ccccc23)C(=O)N[C@@H](CO)C(=O)N[C@@H](Cc2c[nH]c3ccccc23)C(=O)N1C. The van der Waals surface area contributed by atoms with Crippen molar-refractivity contribution >= 4 is 128 Å². The van der Waals surface area contributed by atoms with Crippen LogP contribution in [0.2, 0.25) is 0 Å². The lowest BCUT2D eigenvalue weighted by Gasteiger charge is -2.36. The standard InChI is InChI=1S/C92H129N21O18/c1-10-12-30-72-76(116)44-56(25-21-37-98-92(95)96)83(123)104-65(75(115)34-35-78(93)118)33-36-80(120)103-68(40-55-23-15-14-16-24-55)88(128)110(7)54(5)82(122)105-70(46-79(94)119)90(130)113-38-22-32-73(113)77(117)45-57(41-60-49-97-52-101-60)84(124)106-67(39-53(3)4)87(127)109(6)50-81(121)102-66(42-58-47-99-63-28-19-17-26-61(58)63)85(125)108-71(51-114)86(126)107-69(43-59-48-100-64-29-20-18-27-62(59)64)89(129)112(9)74(31-13-11-2)91(131)111(72)8/h14-20,23-24,26-29,47-49,52-54,56-57,65-74,99-100,114H,10-13,21-22,25,30-46,50-51H2,1-9H3,(H2,93,118)(H2,94,119)(H,97,101)(H,102,121)(H,103,120)(H,104,123)(H,105,122)(H,106,124)(H,107,126)(H,108,125)(H4,95,96,98)/t54-,56+,57+,65-,66-,67-,68-,69-,70-,71-,72-,73-,74-/m0/s1. The van der Waals surface area contributed by atoms with Crippen LogP contribution in [0.3, 0.4) is 0 Å². The van der Waals surface area contributed by atoms with E-state index in [0.717, 1.165) is 9.80 Å². The summed E-state index contributed by atoms with van der Waals surface area (Å²) in [5.41, 5.74) is 20.3. The first kappa shape index (κ1) is 103. The van der Waals surface area contributed by atoms with Crippen LogP contribution in [-0.2, 0) is 107 Å². The van der Waals surface area contributed by atoms with Gasteiger partial charge in [-0.25, -0.2) is 4.98 Å². The number of nitrogens with zero attached hydrogens (tertiary/aromatic N) is 6. The monoisotopic (exact) mass is 1820 g/mol. The molecule has 2 aliphatic heterocycles. The van der Waals surface area contributed by atoms with E-state index in [1.54, 1.807) is 105 Å². The van der Waals surface area contributed by atoms with Crippen LogP contribution in [0.15, 0.2) is 104 Å². The Labute approximate surface area is 761 Å². The molecule has 14 amide bonds. The number of guanidine groups is 1. The number of para-hydroxylation sites is 2. The molecule has 3 aromatic heterocycles. The number of benzene rings is 3. The molecule has 5 heterocycles. The zero-order chi connectivity index (χ0) is 95.9. The van der Waals surface area contributed by atoms with Gasteiger partial charge in [-0.05, 0) is 93.0 Å². The normalized spacial score (nSPS) is 23.7. The highest BCUT2D eigenvalue weighted by Gasteiger charge is 2.44. The van der Waals surface area contributed by atoms with E-state index < -0.39 is 242 Å². The molecular formula is C92H129N21O18. The van der Waals surface area contributed by atoms with E-state index in [1.807, 2.05) is 13.8 Å². The highest BCUT2D eigenvalue weighted by molar-refractivity contribution is 6.02. The zero-order valence-electron chi connectivity index (χ0n) is 76.1. The van der Waals surface area contributed by atoms with Gasteiger partial charge in [0.2, 0.25) is 82.7 Å². The summed E-state index contributed by atoms with van der Waals surface area (Å²) in [5.74, 6) is -17.5. The molecule has 8 rings (SSSR count). The number of nitrogens with one attached hydrogen (secondary N) is 12. The molecule has 2 saturated heterocycles. The maximum atomic E-state index is 15.7. The molecule has 0 aliphatic carbocycles. The van der Waals surface area contributed by atoms with Gasteiger partial charge < -0.3 is 104 Å². The molecule has 0 spiro atoms. The molecule has 3 aromatic carbocycles. The number of hydrogen-bond donors (Lipinski definition) is 16. The number of imidazole rings is 1. The largest absolute Gasteiger partial charge is 0.394 e. The number of rotatable bonds is 27. The van der Waals surface area contributed by atoms with Gasteiger partial charge in [-0.2, -0.15) is 0 Å². The average Bonchev–Trinajstić information content (AvgIpc) is 1.26. The van der Waals surface area contributed by atoms with Crippen molar-refractivity contribution < 1.29 is 86.6 Å². The molecule has 0 saturated carbocycles. The number of hydrogen-bond acceptors (Lipinski definition) is 20. The predicted octanol–water partition coefficient (Wildman–Crippen LogP) is 1.32. The van der Waals surface area contributed by atoms with Crippen LogP contribution in [0.4, 0.5) is 0 Å². The number of amides is 14. The topological polar surface area (TPSA) is 585 Å². The smallest absolute Gasteiger partial charge is 0.246 e. The third-order valence-electron chi connectivity index (χ3n) is 24.1. The van der Waals surface area contributed by atoms with Crippen molar-refractivity contribution in [2.45, 2.75) is 242 Å². The maximum Gasteiger partial charge on any atom is 0.246 e. The lowest BCUT2D eigenvalue weighted by Crippen LogP contribution is -2.60. The van der Waals surface area contributed by atoms with Gasteiger partial charge in [-0.3, -0.25) is 86.9 Å². The van der Waals surface area contributed by atoms with Gasteiger partial charge >= 0.3 is 0 Å². The first-order chi connectivity index (χ1) is 62.4. The first-order valence-electron chi connectivity index (χ1n) is 44.8. The number of unbranched alkanes of at least 4 members (excludes halogenated alkanes) is 2. The summed E-state index contributed by atoms with van der Waals surface area (Å²) in [4.78, 5) is 269. The summed E-state index contributed by atoms with van der Waals surface area (Å²) in [6.45, 7) is 6.82. The van der Waals surface area contributed by atoms with E-state index in [2.05, 4.69) is 62.5 Å². The molecule has 0 bridgehead atoms. The second kappa shape index (κ2) is 50.1. The molecular weight excluding hydrogens is 1690 g/mol. The number of likely N-dealkylation sites (N-methyl/N-ethyl adjacent to an activating group) is 4. The molecule has 39 nitrogen and oxygen atoms in total. The Hall–Kier alpha value is -13.2. The van der Waals surface area contributed by atoms with E-state index >= 15 is 28.8 Å². The van der Waals surface area contributed by atoms with Crippen molar-refractivity contribution in [2.75, 3.05) is 54.4 Å². The number of H-pyrrole nitrogens is 3. The van der Waals surface area contributed by atoms with Crippen molar-refractivity contribution in [2.24, 2.45) is 35.0 Å².